The Morgan fingerprint density at radius 2 is 1.69 bits per heavy atom. The molecule has 0 aliphatic heterocycles. The van der Waals surface area contributed by atoms with E-state index in [0.29, 0.717) is 21.9 Å². The maximum absolute atomic E-state index is 13.3. The van der Waals surface area contributed by atoms with Gasteiger partial charge in [0.2, 0.25) is 10.0 Å². The second kappa shape index (κ2) is 13.0. The predicted molar refractivity (Wildman–Crippen MR) is 155 cm³/mol. The zero-order valence-electron chi connectivity index (χ0n) is 22.4. The van der Waals surface area contributed by atoms with Crippen LogP contribution in [0.15, 0.2) is 70.6 Å². The Kier molecular flexibility index (Phi) is 10.0. The Labute approximate surface area is 232 Å². The number of ether oxygens (including phenoxy) is 1. The van der Waals surface area contributed by atoms with Crippen molar-refractivity contribution in [1.82, 2.24) is 4.72 Å². The largest absolute Gasteiger partial charge is 0.468 e. The summed E-state index contributed by atoms with van der Waals surface area (Å²) in [5.74, 6) is -0.685. The van der Waals surface area contributed by atoms with Gasteiger partial charge in [0.25, 0.3) is 6.54 Å². The molecule has 0 saturated heterocycles. The number of aliphatic imine (C=N–C) groups is 1. The first-order chi connectivity index (χ1) is 18.4. The smallest absolute Gasteiger partial charge is 0.324 e. The Hall–Kier alpha value is -3.54. The minimum atomic E-state index is -4.00. The van der Waals surface area contributed by atoms with Gasteiger partial charge in [-0.3, -0.25) is 14.9 Å². The van der Waals surface area contributed by atoms with Crippen LogP contribution in [0.25, 0.3) is 11.1 Å². The molecule has 3 rings (SSSR count). The maximum atomic E-state index is 13.3. The van der Waals surface area contributed by atoms with Crippen LogP contribution >= 0.6 is 11.8 Å². The molecule has 0 aromatic heterocycles. The highest BCUT2D eigenvalue weighted by Crippen LogP contribution is 2.26. The number of esters is 1. The number of aryl methyl sites for hydroxylation is 3. The fraction of sp³-hybridized carbons (Fsp3) is 0.286. The summed E-state index contributed by atoms with van der Waals surface area (Å²) in [4.78, 5) is 27.5. The zero-order valence-corrected chi connectivity index (χ0v) is 24.1. The van der Waals surface area contributed by atoms with Gasteiger partial charge in [0.05, 0.1) is 17.7 Å². The molecule has 0 unspecified atom stereocenters. The molecular formula is C28H31N3O6S2. The van der Waals surface area contributed by atoms with Crippen LogP contribution in [0, 0.1) is 30.9 Å². The van der Waals surface area contributed by atoms with Gasteiger partial charge in [-0.15, -0.1) is 11.8 Å². The monoisotopic (exact) mass is 569 g/mol. The van der Waals surface area contributed by atoms with Crippen LogP contribution in [0.1, 0.15) is 22.3 Å². The first-order valence-electron chi connectivity index (χ1n) is 12.0. The maximum Gasteiger partial charge on any atom is 0.324 e. The van der Waals surface area contributed by atoms with Crippen LogP contribution in [0.2, 0.25) is 0 Å². The van der Waals surface area contributed by atoms with Crippen LogP contribution in [0.3, 0.4) is 0 Å². The fourth-order valence-corrected chi connectivity index (χ4v) is 6.45. The number of benzene rings is 3. The van der Waals surface area contributed by atoms with Crippen molar-refractivity contribution in [1.29, 1.82) is 0 Å². The first kappa shape index (κ1) is 30.0. The highest BCUT2D eigenvalue weighted by molar-refractivity contribution is 8.13. The third kappa shape index (κ3) is 7.98. The lowest BCUT2D eigenvalue weighted by Gasteiger charge is -2.19. The highest BCUT2D eigenvalue weighted by atomic mass is 32.2. The van der Waals surface area contributed by atoms with Crippen molar-refractivity contribution in [3.05, 3.63) is 93.0 Å². The number of sulfonamides is 1. The van der Waals surface area contributed by atoms with E-state index < -0.39 is 27.0 Å². The van der Waals surface area contributed by atoms with Gasteiger partial charge in [0.15, 0.2) is 0 Å². The summed E-state index contributed by atoms with van der Waals surface area (Å²) < 4.78 is 34.0. The van der Waals surface area contributed by atoms with Crippen LogP contribution < -0.4 is 4.72 Å². The average Bonchev–Trinajstić information content (AvgIpc) is 2.86. The lowest BCUT2D eigenvalue weighted by atomic mass is 10.0. The molecule has 206 valence electrons. The summed E-state index contributed by atoms with van der Waals surface area (Å²) in [5.41, 5.74) is 5.22. The number of nitrogens with one attached hydrogen (secondary N) is 1. The Morgan fingerprint density at radius 3 is 2.26 bits per heavy atom. The van der Waals surface area contributed by atoms with Gasteiger partial charge in [-0.1, -0.05) is 54.1 Å². The Morgan fingerprint density at radius 1 is 1.05 bits per heavy atom. The number of methoxy groups -OCH3 is 1. The topological polar surface area (TPSA) is 128 Å². The lowest BCUT2D eigenvalue weighted by molar-refractivity contribution is -0.462. The predicted octanol–water partition coefficient (Wildman–Crippen LogP) is 5.01. The summed E-state index contributed by atoms with van der Waals surface area (Å²) in [7, 11) is -2.77. The number of hydrogen-bond acceptors (Lipinski definition) is 8. The molecule has 0 aliphatic carbocycles. The van der Waals surface area contributed by atoms with Crippen molar-refractivity contribution < 1.29 is 22.9 Å². The van der Waals surface area contributed by atoms with Crippen molar-refractivity contribution in [3.63, 3.8) is 0 Å². The standard InChI is InChI=1S/C28H31N3O6S2/c1-18-13-19(2)27(20(3)14-18)39(35,36)30-25(28(32)37-4)15-21-9-11-22(12-10-21)23-7-6-8-24(16-23)29-26(38-5)17-31(33)34/h6-14,16,25,30H,15,17H2,1-5H3/t25-/m0/s1. The molecule has 0 radical (unpaired) electrons. The van der Waals surface area contributed by atoms with Crippen molar-refractivity contribution >= 4 is 38.5 Å². The molecule has 1 N–H and O–H groups in total. The Bertz CT molecular complexity index is 1480. The van der Waals surface area contributed by atoms with E-state index in [0.717, 1.165) is 22.3 Å². The van der Waals surface area contributed by atoms with Crippen LogP contribution in [-0.2, 0) is 26.0 Å². The summed E-state index contributed by atoms with van der Waals surface area (Å²) in [6, 6.07) is 17.2. The molecule has 9 nitrogen and oxygen atoms in total. The second-order valence-corrected chi connectivity index (χ2v) is 11.6. The van der Waals surface area contributed by atoms with Gasteiger partial charge < -0.3 is 4.74 Å². The molecule has 0 bridgehead atoms. The van der Waals surface area contributed by atoms with Gasteiger partial charge in [-0.25, -0.2) is 13.4 Å². The molecule has 3 aromatic rings. The van der Waals surface area contributed by atoms with E-state index in [1.807, 2.05) is 49.4 Å². The van der Waals surface area contributed by atoms with Crippen LogP contribution in [0.5, 0.6) is 0 Å². The second-order valence-electron chi connectivity index (χ2n) is 9.08. The number of nitrogens with zero attached hydrogens (tertiary/aromatic N) is 2. The molecule has 0 heterocycles. The van der Waals surface area contributed by atoms with Crippen LogP contribution in [-0.4, -0.2) is 50.3 Å². The van der Waals surface area contributed by atoms with Gasteiger partial charge >= 0.3 is 5.97 Å². The molecule has 0 spiro atoms. The van der Waals surface area contributed by atoms with E-state index in [-0.39, 0.29) is 17.9 Å². The van der Waals surface area contributed by atoms with Gasteiger partial charge in [0.1, 0.15) is 11.1 Å². The molecular weight excluding hydrogens is 538 g/mol. The molecule has 0 aliphatic rings. The number of thioether (sulfide) groups is 1. The van der Waals surface area contributed by atoms with Gasteiger partial charge in [-0.05, 0) is 73.4 Å². The minimum Gasteiger partial charge on any atom is -0.468 e. The molecule has 0 fully saturated rings. The van der Waals surface area contributed by atoms with Crippen molar-refractivity contribution in [2.75, 3.05) is 19.9 Å². The average molecular weight is 570 g/mol. The van der Waals surface area contributed by atoms with E-state index in [1.165, 1.54) is 18.9 Å². The van der Waals surface area contributed by atoms with Crippen molar-refractivity contribution in [2.45, 2.75) is 38.1 Å². The molecule has 39 heavy (non-hydrogen) atoms. The summed E-state index contributed by atoms with van der Waals surface area (Å²) >= 11 is 1.23. The number of rotatable bonds is 10. The van der Waals surface area contributed by atoms with Crippen molar-refractivity contribution in [2.24, 2.45) is 4.99 Å². The third-order valence-corrected chi connectivity index (χ3v) is 8.45. The molecule has 0 saturated carbocycles. The number of nitro groups is 1. The van der Waals surface area contributed by atoms with E-state index in [2.05, 4.69) is 9.71 Å². The van der Waals surface area contributed by atoms with E-state index >= 15 is 0 Å². The van der Waals surface area contributed by atoms with E-state index in [9.17, 15) is 23.3 Å². The molecule has 0 amide bonds. The molecule has 11 heteroatoms. The molecule has 1 atom stereocenters. The Balaban J connectivity index is 1.83. The minimum absolute atomic E-state index is 0.0957. The van der Waals surface area contributed by atoms with Crippen LogP contribution in [0.4, 0.5) is 5.69 Å². The number of carbonyl (C=O) groups is 1. The number of hydrogen-bond donors (Lipinski definition) is 1. The highest BCUT2D eigenvalue weighted by Gasteiger charge is 2.29. The summed E-state index contributed by atoms with van der Waals surface area (Å²) in [6.07, 6.45) is 1.84. The summed E-state index contributed by atoms with van der Waals surface area (Å²) in [5, 5.41) is 11.3. The van der Waals surface area contributed by atoms with E-state index in [1.54, 1.807) is 38.3 Å². The normalized spacial score (nSPS) is 12.7. The zero-order chi connectivity index (χ0) is 28.7. The fourth-order valence-electron chi connectivity index (χ4n) is 4.38. The van der Waals surface area contributed by atoms with Gasteiger partial charge in [-0.2, -0.15) is 4.72 Å². The number of carbonyl (C=O) groups excluding carboxylic acids is 1. The lowest BCUT2D eigenvalue weighted by Crippen LogP contribution is -2.43. The molecule has 3 aromatic carbocycles. The first-order valence-corrected chi connectivity index (χ1v) is 14.7. The SMILES string of the molecule is COC(=O)[C@H](Cc1ccc(-c2cccc(N=C(C[N+](=O)[O-])SC)c2)cc1)NS(=O)(=O)c1c(C)cc(C)cc1C. The summed E-state index contributed by atoms with van der Waals surface area (Å²) in [6.45, 7) is 5.01. The quantitative estimate of drug-likeness (QED) is 0.119. The third-order valence-electron chi connectivity index (χ3n) is 5.98. The van der Waals surface area contributed by atoms with Crippen molar-refractivity contribution in [3.8, 4) is 11.1 Å². The van der Waals surface area contributed by atoms with Gasteiger partial charge in [0, 0.05) is 4.92 Å². The van der Waals surface area contributed by atoms with E-state index in [4.69, 9.17) is 4.74 Å².